The van der Waals surface area contributed by atoms with Crippen LogP contribution in [0, 0.1) is 12.8 Å². The fourth-order valence-corrected chi connectivity index (χ4v) is 4.35. The molecule has 5 nitrogen and oxygen atoms in total. The van der Waals surface area contributed by atoms with E-state index in [-0.39, 0.29) is 5.91 Å². The summed E-state index contributed by atoms with van der Waals surface area (Å²) in [5.74, 6) is 1.83. The van der Waals surface area contributed by atoms with Gasteiger partial charge in [-0.3, -0.25) is 9.69 Å². The van der Waals surface area contributed by atoms with E-state index >= 15 is 0 Å². The second kappa shape index (κ2) is 7.66. The van der Waals surface area contributed by atoms with Crippen molar-refractivity contribution in [3.8, 4) is 10.8 Å². The molecule has 140 valence electrons. The van der Waals surface area contributed by atoms with Crippen molar-refractivity contribution in [2.45, 2.75) is 26.3 Å². The topological polar surface area (TPSA) is 72.4 Å². The number of primary amides is 1. The molecule has 4 rings (SSSR count). The molecular formula is C21H23N3O2S. The summed E-state index contributed by atoms with van der Waals surface area (Å²) >= 11 is 1.64. The molecule has 0 spiro atoms. The fraction of sp³-hybridized carbons (Fsp3) is 0.333. The van der Waals surface area contributed by atoms with Crippen LogP contribution in [0.1, 0.15) is 33.8 Å². The van der Waals surface area contributed by atoms with Gasteiger partial charge in [0.2, 0.25) is 11.8 Å². The standard InChI is InChI=1S/C21H23N3O2S/c1-14-18(23-21(26-14)19-6-3-9-27-19)13-24-8-7-16(12-24)10-15-4-2-5-17(11-15)20(22)25/h2-6,9,11,16H,7-8,10,12-13H2,1H3,(H2,22,25)/t16-/m1/s1. The van der Waals surface area contributed by atoms with E-state index in [1.165, 1.54) is 5.56 Å². The minimum absolute atomic E-state index is 0.368. The predicted molar refractivity (Wildman–Crippen MR) is 107 cm³/mol. The van der Waals surface area contributed by atoms with E-state index in [2.05, 4.69) is 11.0 Å². The molecule has 3 heterocycles. The monoisotopic (exact) mass is 381 g/mol. The van der Waals surface area contributed by atoms with Gasteiger partial charge in [-0.25, -0.2) is 4.98 Å². The van der Waals surface area contributed by atoms with Crippen molar-refractivity contribution in [3.63, 3.8) is 0 Å². The lowest BCUT2D eigenvalue weighted by atomic mass is 9.97. The SMILES string of the molecule is Cc1oc(-c2cccs2)nc1CN1CC[C@H](Cc2cccc(C(N)=O)c2)C1. The molecule has 2 aromatic heterocycles. The van der Waals surface area contributed by atoms with Gasteiger partial charge < -0.3 is 10.2 Å². The molecule has 0 saturated carbocycles. The number of oxazole rings is 1. The first-order valence-electron chi connectivity index (χ1n) is 9.20. The summed E-state index contributed by atoms with van der Waals surface area (Å²) in [7, 11) is 0. The largest absolute Gasteiger partial charge is 0.440 e. The highest BCUT2D eigenvalue weighted by molar-refractivity contribution is 7.13. The van der Waals surface area contributed by atoms with Crippen LogP contribution in [0.4, 0.5) is 0 Å². The Labute approximate surface area is 162 Å². The summed E-state index contributed by atoms with van der Waals surface area (Å²) in [6, 6.07) is 11.7. The second-order valence-electron chi connectivity index (χ2n) is 7.16. The van der Waals surface area contributed by atoms with Gasteiger partial charge in [0.05, 0.1) is 10.6 Å². The van der Waals surface area contributed by atoms with Crippen molar-refractivity contribution in [1.29, 1.82) is 0 Å². The third-order valence-corrected chi connectivity index (χ3v) is 5.96. The van der Waals surface area contributed by atoms with E-state index < -0.39 is 0 Å². The van der Waals surface area contributed by atoms with Crippen molar-refractivity contribution in [1.82, 2.24) is 9.88 Å². The van der Waals surface area contributed by atoms with Crippen LogP contribution in [0.25, 0.3) is 10.8 Å². The molecular weight excluding hydrogens is 358 g/mol. The zero-order valence-electron chi connectivity index (χ0n) is 15.4. The Morgan fingerprint density at radius 2 is 2.26 bits per heavy atom. The van der Waals surface area contributed by atoms with E-state index in [9.17, 15) is 4.79 Å². The van der Waals surface area contributed by atoms with Crippen molar-refractivity contribution in [2.75, 3.05) is 13.1 Å². The number of amides is 1. The number of nitrogens with two attached hydrogens (primary N) is 1. The van der Waals surface area contributed by atoms with Gasteiger partial charge in [-0.1, -0.05) is 18.2 Å². The highest BCUT2D eigenvalue weighted by atomic mass is 32.1. The van der Waals surface area contributed by atoms with Crippen LogP contribution < -0.4 is 5.73 Å². The van der Waals surface area contributed by atoms with Crippen molar-refractivity contribution >= 4 is 17.2 Å². The fourth-order valence-electron chi connectivity index (χ4n) is 3.70. The highest BCUT2D eigenvalue weighted by Gasteiger charge is 2.25. The normalized spacial score (nSPS) is 17.4. The number of aromatic nitrogens is 1. The van der Waals surface area contributed by atoms with E-state index in [4.69, 9.17) is 15.1 Å². The van der Waals surface area contributed by atoms with E-state index in [0.717, 1.165) is 54.7 Å². The lowest BCUT2D eigenvalue weighted by molar-refractivity contribution is 0.1000. The lowest BCUT2D eigenvalue weighted by Crippen LogP contribution is -2.21. The summed E-state index contributed by atoms with van der Waals surface area (Å²) in [4.78, 5) is 19.6. The predicted octanol–water partition coefficient (Wildman–Crippen LogP) is 3.88. The van der Waals surface area contributed by atoms with Gasteiger partial charge in [0, 0.05) is 18.7 Å². The number of aryl methyl sites for hydroxylation is 1. The molecule has 3 aromatic rings. The van der Waals surface area contributed by atoms with Gasteiger partial charge in [0.25, 0.3) is 0 Å². The average molecular weight is 382 g/mol. The molecule has 1 aliphatic heterocycles. The maximum atomic E-state index is 11.4. The van der Waals surface area contributed by atoms with Crippen molar-refractivity contribution in [3.05, 3.63) is 64.4 Å². The Morgan fingerprint density at radius 1 is 1.37 bits per heavy atom. The van der Waals surface area contributed by atoms with Gasteiger partial charge in [-0.15, -0.1) is 11.3 Å². The van der Waals surface area contributed by atoms with Gasteiger partial charge >= 0.3 is 0 Å². The van der Waals surface area contributed by atoms with Gasteiger partial charge in [-0.05, 0) is 61.4 Å². The molecule has 1 atom stereocenters. The molecule has 1 saturated heterocycles. The second-order valence-corrected chi connectivity index (χ2v) is 8.11. The maximum Gasteiger partial charge on any atom is 0.248 e. The molecule has 0 radical (unpaired) electrons. The minimum atomic E-state index is -0.368. The Balaban J connectivity index is 1.38. The number of hydrogen-bond acceptors (Lipinski definition) is 5. The minimum Gasteiger partial charge on any atom is -0.440 e. The maximum absolute atomic E-state index is 11.4. The van der Waals surface area contributed by atoms with Crippen LogP contribution in [0.3, 0.4) is 0 Å². The van der Waals surface area contributed by atoms with Gasteiger partial charge in [0.1, 0.15) is 5.76 Å². The van der Waals surface area contributed by atoms with Crippen LogP contribution in [-0.4, -0.2) is 28.9 Å². The molecule has 6 heteroatoms. The van der Waals surface area contributed by atoms with Gasteiger partial charge in [-0.2, -0.15) is 0 Å². The van der Waals surface area contributed by atoms with E-state index in [0.29, 0.717) is 11.5 Å². The molecule has 0 unspecified atom stereocenters. The molecule has 1 amide bonds. The van der Waals surface area contributed by atoms with Crippen LogP contribution >= 0.6 is 11.3 Å². The first kappa shape index (κ1) is 17.9. The Bertz CT molecular complexity index is 933. The van der Waals surface area contributed by atoms with Crippen LogP contribution in [0.15, 0.2) is 46.2 Å². The smallest absolute Gasteiger partial charge is 0.248 e. The molecule has 1 aliphatic rings. The quantitative estimate of drug-likeness (QED) is 0.703. The number of likely N-dealkylation sites (tertiary alicyclic amines) is 1. The molecule has 27 heavy (non-hydrogen) atoms. The number of benzene rings is 1. The Morgan fingerprint density at radius 3 is 3.04 bits per heavy atom. The number of rotatable bonds is 6. The van der Waals surface area contributed by atoms with E-state index in [1.807, 2.05) is 36.6 Å². The third-order valence-electron chi connectivity index (χ3n) is 5.10. The van der Waals surface area contributed by atoms with Crippen LogP contribution in [0.5, 0.6) is 0 Å². The van der Waals surface area contributed by atoms with Crippen LogP contribution in [0.2, 0.25) is 0 Å². The summed E-state index contributed by atoms with van der Waals surface area (Å²) < 4.78 is 5.86. The molecule has 1 aromatic carbocycles. The first-order chi connectivity index (χ1) is 13.1. The number of hydrogen-bond donors (Lipinski definition) is 1. The zero-order chi connectivity index (χ0) is 18.8. The van der Waals surface area contributed by atoms with Crippen molar-refractivity contribution < 1.29 is 9.21 Å². The van der Waals surface area contributed by atoms with Crippen molar-refractivity contribution in [2.24, 2.45) is 11.7 Å². The number of thiophene rings is 1. The molecule has 1 fully saturated rings. The summed E-state index contributed by atoms with van der Waals surface area (Å²) in [5.41, 5.74) is 8.17. The Kier molecular flexibility index (Phi) is 5.09. The average Bonchev–Trinajstić information content (AvgIpc) is 3.38. The summed E-state index contributed by atoms with van der Waals surface area (Å²) in [5, 5.41) is 2.03. The van der Waals surface area contributed by atoms with Gasteiger partial charge in [0.15, 0.2) is 0 Å². The first-order valence-corrected chi connectivity index (χ1v) is 10.1. The zero-order valence-corrected chi connectivity index (χ0v) is 16.2. The molecule has 0 bridgehead atoms. The lowest BCUT2D eigenvalue weighted by Gasteiger charge is -2.15. The summed E-state index contributed by atoms with van der Waals surface area (Å²) in [6.07, 6.45) is 2.12. The molecule has 2 N–H and O–H groups in total. The van der Waals surface area contributed by atoms with Crippen LogP contribution in [-0.2, 0) is 13.0 Å². The third kappa shape index (κ3) is 4.12. The number of nitrogens with zero attached hydrogens (tertiary/aromatic N) is 2. The Hall–Kier alpha value is -2.44. The summed E-state index contributed by atoms with van der Waals surface area (Å²) in [6.45, 7) is 4.89. The highest BCUT2D eigenvalue weighted by Crippen LogP contribution is 2.28. The molecule has 0 aliphatic carbocycles. The number of carbonyl (C=O) groups is 1. The van der Waals surface area contributed by atoms with E-state index in [1.54, 1.807) is 17.4 Å². The number of carbonyl (C=O) groups excluding carboxylic acids is 1.